The van der Waals surface area contributed by atoms with Crippen LogP contribution in [0.2, 0.25) is 5.02 Å². The summed E-state index contributed by atoms with van der Waals surface area (Å²) < 4.78 is 26.5. The first-order chi connectivity index (χ1) is 8.72. The van der Waals surface area contributed by atoms with Gasteiger partial charge in [0.2, 0.25) is 10.0 Å². The van der Waals surface area contributed by atoms with Crippen molar-refractivity contribution >= 4 is 39.2 Å². The lowest BCUT2D eigenvalue weighted by Crippen LogP contribution is -2.36. The number of nitrogens with one attached hydrogen (secondary N) is 2. The van der Waals surface area contributed by atoms with E-state index in [0.717, 1.165) is 0 Å². The molecular weight excluding hydrogens is 308 g/mol. The standard InChI is InChI=1S/C10H17ClN4O2S2/c1-10(2,18-3)6-14-19(16,17)7-4-8(11)9(15-12)13-5-7/h4-5,14H,6,12H2,1-3H3,(H,13,15). The number of nitrogens with two attached hydrogens (primary N) is 1. The first-order valence-corrected chi connectivity index (χ1v) is 8.47. The Morgan fingerprint density at radius 1 is 1.53 bits per heavy atom. The van der Waals surface area contributed by atoms with E-state index >= 15 is 0 Å². The molecule has 0 saturated heterocycles. The highest BCUT2D eigenvalue weighted by atomic mass is 35.5. The Kier molecular flexibility index (Phi) is 5.45. The Morgan fingerprint density at radius 3 is 2.63 bits per heavy atom. The first-order valence-electron chi connectivity index (χ1n) is 5.39. The van der Waals surface area contributed by atoms with E-state index < -0.39 is 10.0 Å². The Hall–Kier alpha value is -0.540. The molecule has 0 atom stereocenters. The molecule has 0 aliphatic carbocycles. The topological polar surface area (TPSA) is 97.1 Å². The van der Waals surface area contributed by atoms with Crippen LogP contribution >= 0.6 is 23.4 Å². The van der Waals surface area contributed by atoms with Crippen LogP contribution in [0.5, 0.6) is 0 Å². The maximum absolute atomic E-state index is 12.1. The van der Waals surface area contributed by atoms with Gasteiger partial charge in [-0.3, -0.25) is 0 Å². The number of halogens is 1. The minimum absolute atomic E-state index is 0.00778. The van der Waals surface area contributed by atoms with Crippen molar-refractivity contribution in [2.45, 2.75) is 23.5 Å². The van der Waals surface area contributed by atoms with E-state index in [1.165, 1.54) is 12.3 Å². The number of pyridine rings is 1. The lowest BCUT2D eigenvalue weighted by Gasteiger charge is -2.22. The summed E-state index contributed by atoms with van der Waals surface area (Å²) in [5, 5.41) is 0.148. The molecule has 1 rings (SSSR count). The lowest BCUT2D eigenvalue weighted by atomic mass is 10.2. The molecule has 0 bridgehead atoms. The largest absolute Gasteiger partial charge is 0.307 e. The molecule has 0 unspecified atom stereocenters. The lowest BCUT2D eigenvalue weighted by molar-refractivity contribution is 0.570. The van der Waals surface area contributed by atoms with Gasteiger partial charge in [-0.1, -0.05) is 11.6 Å². The number of aromatic nitrogens is 1. The van der Waals surface area contributed by atoms with Crippen molar-refractivity contribution < 1.29 is 8.42 Å². The van der Waals surface area contributed by atoms with E-state index in [2.05, 4.69) is 15.1 Å². The molecule has 1 aromatic heterocycles. The zero-order valence-corrected chi connectivity index (χ0v) is 13.3. The maximum Gasteiger partial charge on any atom is 0.242 e. The number of hydrazine groups is 1. The van der Waals surface area contributed by atoms with Crippen LogP contribution in [0.1, 0.15) is 13.8 Å². The molecule has 9 heteroatoms. The summed E-state index contributed by atoms with van der Waals surface area (Å²) in [6.07, 6.45) is 3.13. The van der Waals surface area contributed by atoms with Gasteiger partial charge in [0.05, 0.1) is 5.02 Å². The van der Waals surface area contributed by atoms with Crippen LogP contribution in [0.15, 0.2) is 17.2 Å². The molecule has 0 amide bonds. The number of thioether (sulfide) groups is 1. The maximum atomic E-state index is 12.1. The van der Waals surface area contributed by atoms with E-state index in [1.807, 2.05) is 20.1 Å². The smallest absolute Gasteiger partial charge is 0.242 e. The van der Waals surface area contributed by atoms with Gasteiger partial charge in [-0.05, 0) is 26.2 Å². The Labute approximate surface area is 122 Å². The molecule has 4 N–H and O–H groups in total. The van der Waals surface area contributed by atoms with Gasteiger partial charge in [0, 0.05) is 17.5 Å². The first kappa shape index (κ1) is 16.5. The summed E-state index contributed by atoms with van der Waals surface area (Å²) in [5.74, 6) is 5.41. The molecule has 0 aromatic carbocycles. The van der Waals surface area contributed by atoms with E-state index in [-0.39, 0.29) is 20.5 Å². The van der Waals surface area contributed by atoms with Gasteiger partial charge in [0.25, 0.3) is 0 Å². The van der Waals surface area contributed by atoms with Gasteiger partial charge in [-0.25, -0.2) is 24.0 Å². The molecule has 0 aliphatic heterocycles. The molecular formula is C10H17ClN4O2S2. The van der Waals surface area contributed by atoms with E-state index in [0.29, 0.717) is 6.54 Å². The molecule has 0 saturated carbocycles. The Balaban J connectivity index is 2.92. The van der Waals surface area contributed by atoms with E-state index in [1.54, 1.807) is 11.8 Å². The van der Waals surface area contributed by atoms with Gasteiger partial charge >= 0.3 is 0 Å². The molecule has 1 aromatic rings. The summed E-state index contributed by atoms with van der Waals surface area (Å²) in [6.45, 7) is 4.21. The Morgan fingerprint density at radius 2 is 2.16 bits per heavy atom. The van der Waals surface area contributed by atoms with Gasteiger partial charge in [-0.2, -0.15) is 11.8 Å². The number of anilines is 1. The number of nitrogen functional groups attached to an aromatic ring is 1. The average molecular weight is 325 g/mol. The van der Waals surface area contributed by atoms with Crippen molar-refractivity contribution in [2.24, 2.45) is 5.84 Å². The van der Waals surface area contributed by atoms with Crippen molar-refractivity contribution in [3.8, 4) is 0 Å². The van der Waals surface area contributed by atoms with Gasteiger partial charge in [0.1, 0.15) is 4.90 Å². The summed E-state index contributed by atoms with van der Waals surface area (Å²) in [6, 6.07) is 1.30. The summed E-state index contributed by atoms with van der Waals surface area (Å²) >= 11 is 7.43. The third-order valence-corrected chi connectivity index (χ3v) is 5.41. The van der Waals surface area contributed by atoms with Crippen LogP contribution < -0.4 is 16.0 Å². The highest BCUT2D eigenvalue weighted by Crippen LogP contribution is 2.23. The second-order valence-corrected chi connectivity index (χ2v) is 8.12. The molecule has 0 fully saturated rings. The molecule has 0 spiro atoms. The second kappa shape index (κ2) is 6.27. The summed E-state index contributed by atoms with van der Waals surface area (Å²) in [4.78, 5) is 3.84. The van der Waals surface area contributed by atoms with E-state index in [4.69, 9.17) is 17.4 Å². The Bertz CT molecular complexity index is 548. The van der Waals surface area contributed by atoms with Crippen LogP contribution in [-0.4, -0.2) is 30.9 Å². The molecule has 0 aliphatic rings. The molecule has 19 heavy (non-hydrogen) atoms. The fourth-order valence-corrected chi connectivity index (χ4v) is 2.87. The quantitative estimate of drug-likeness (QED) is 0.541. The SMILES string of the molecule is CSC(C)(C)CNS(=O)(=O)c1cnc(NN)c(Cl)c1. The van der Waals surface area contributed by atoms with Crippen LogP contribution in [0.3, 0.4) is 0 Å². The van der Waals surface area contributed by atoms with E-state index in [9.17, 15) is 8.42 Å². The predicted octanol–water partition coefficient (Wildman–Crippen LogP) is 1.44. The summed E-state index contributed by atoms with van der Waals surface area (Å²) in [7, 11) is -3.63. The van der Waals surface area contributed by atoms with Crippen molar-refractivity contribution in [2.75, 3.05) is 18.2 Å². The van der Waals surface area contributed by atoms with Gasteiger partial charge < -0.3 is 5.43 Å². The molecule has 0 radical (unpaired) electrons. The average Bonchev–Trinajstić information content (AvgIpc) is 2.36. The van der Waals surface area contributed by atoms with Gasteiger partial charge in [0.15, 0.2) is 5.82 Å². The number of sulfonamides is 1. The normalized spacial score (nSPS) is 12.5. The predicted molar refractivity (Wildman–Crippen MR) is 79.8 cm³/mol. The number of rotatable bonds is 6. The molecule has 1 heterocycles. The number of hydrogen-bond donors (Lipinski definition) is 3. The monoisotopic (exact) mass is 324 g/mol. The molecule has 108 valence electrons. The van der Waals surface area contributed by atoms with Crippen LogP contribution in [0, 0.1) is 0 Å². The fourth-order valence-electron chi connectivity index (χ4n) is 1.10. The van der Waals surface area contributed by atoms with Crippen LogP contribution in [0.25, 0.3) is 0 Å². The van der Waals surface area contributed by atoms with Crippen molar-refractivity contribution in [3.63, 3.8) is 0 Å². The minimum atomic E-state index is -3.63. The third-order valence-electron chi connectivity index (χ3n) is 2.50. The zero-order chi connectivity index (χ0) is 14.7. The minimum Gasteiger partial charge on any atom is -0.307 e. The van der Waals surface area contributed by atoms with Crippen LogP contribution in [-0.2, 0) is 10.0 Å². The van der Waals surface area contributed by atoms with Gasteiger partial charge in [-0.15, -0.1) is 0 Å². The van der Waals surface area contributed by atoms with Crippen LogP contribution in [0.4, 0.5) is 5.82 Å². The highest BCUT2D eigenvalue weighted by molar-refractivity contribution is 8.00. The van der Waals surface area contributed by atoms with Crippen molar-refractivity contribution in [3.05, 3.63) is 17.3 Å². The third kappa shape index (κ3) is 4.50. The number of hydrogen-bond acceptors (Lipinski definition) is 6. The summed E-state index contributed by atoms with van der Waals surface area (Å²) in [5.41, 5.74) is 2.28. The number of nitrogens with zero attached hydrogens (tertiary/aromatic N) is 1. The molecule has 6 nitrogen and oxygen atoms in total. The second-order valence-electron chi connectivity index (χ2n) is 4.43. The fraction of sp³-hybridized carbons (Fsp3) is 0.500. The van der Waals surface area contributed by atoms with Crippen molar-refractivity contribution in [1.29, 1.82) is 0 Å². The zero-order valence-electron chi connectivity index (χ0n) is 10.9. The highest BCUT2D eigenvalue weighted by Gasteiger charge is 2.22. The van der Waals surface area contributed by atoms with Crippen molar-refractivity contribution in [1.82, 2.24) is 9.71 Å².